The number of aromatic hydroxyl groups is 1. The first-order chi connectivity index (χ1) is 19.5. The van der Waals surface area contributed by atoms with Crippen LogP contribution >= 0.6 is 0 Å². The normalized spacial score (nSPS) is 10.9. The number of aryl methyl sites for hydroxylation is 3. The molecule has 0 saturated heterocycles. The zero-order valence-corrected chi connectivity index (χ0v) is 24.8. The van der Waals surface area contributed by atoms with Crippen LogP contribution in [-0.2, 0) is 38.5 Å². The Kier molecular flexibility index (Phi) is 9.76. The molecule has 0 aliphatic rings. The van der Waals surface area contributed by atoms with Crippen molar-refractivity contribution in [2.24, 2.45) is 0 Å². The van der Waals surface area contributed by atoms with E-state index in [1.807, 2.05) is 36.4 Å². The molecule has 4 aromatic rings. The van der Waals surface area contributed by atoms with E-state index in [2.05, 4.69) is 59.7 Å². The van der Waals surface area contributed by atoms with Crippen molar-refractivity contribution in [1.29, 1.82) is 0 Å². The minimum Gasteiger partial charge on any atom is -0.504 e. The molecular formula is C36H42O4. The van der Waals surface area contributed by atoms with Gasteiger partial charge in [-0.3, -0.25) is 0 Å². The highest BCUT2D eigenvalue weighted by Crippen LogP contribution is 2.50. The van der Waals surface area contributed by atoms with Crippen LogP contribution in [-0.4, -0.2) is 5.11 Å². The highest BCUT2D eigenvalue weighted by molar-refractivity contribution is 5.63. The van der Waals surface area contributed by atoms with Crippen LogP contribution in [0.1, 0.15) is 74.9 Å². The summed E-state index contributed by atoms with van der Waals surface area (Å²) in [7, 11) is 0. The molecule has 40 heavy (non-hydrogen) atoms. The quantitative estimate of drug-likeness (QED) is 0.195. The van der Waals surface area contributed by atoms with Gasteiger partial charge in [0.15, 0.2) is 11.5 Å². The predicted molar refractivity (Wildman–Crippen MR) is 164 cm³/mol. The van der Waals surface area contributed by atoms with Crippen LogP contribution in [0.15, 0.2) is 66.7 Å². The average Bonchev–Trinajstić information content (AvgIpc) is 2.99. The zero-order chi connectivity index (χ0) is 28.6. The van der Waals surface area contributed by atoms with Gasteiger partial charge in [0.2, 0.25) is 11.5 Å². The van der Waals surface area contributed by atoms with E-state index in [0.717, 1.165) is 66.7 Å². The Morgan fingerprint density at radius 2 is 0.825 bits per heavy atom. The number of rotatable bonds is 12. The molecule has 4 aromatic carbocycles. The first kappa shape index (κ1) is 29.1. The van der Waals surface area contributed by atoms with Gasteiger partial charge in [-0.15, -0.1) is 0 Å². The van der Waals surface area contributed by atoms with E-state index < -0.39 is 0 Å². The summed E-state index contributed by atoms with van der Waals surface area (Å²) < 4.78 is 19.8. The van der Waals surface area contributed by atoms with Crippen LogP contribution in [0.3, 0.4) is 0 Å². The summed E-state index contributed by atoms with van der Waals surface area (Å²) in [6, 6.07) is 21.7. The lowest BCUT2D eigenvalue weighted by Gasteiger charge is -2.22. The van der Waals surface area contributed by atoms with E-state index in [0.29, 0.717) is 17.2 Å². The van der Waals surface area contributed by atoms with E-state index in [9.17, 15) is 5.11 Å². The highest BCUT2D eigenvalue weighted by atomic mass is 16.5. The maximum atomic E-state index is 11.2. The Morgan fingerprint density at radius 1 is 0.425 bits per heavy atom. The van der Waals surface area contributed by atoms with Crippen molar-refractivity contribution in [3.8, 4) is 40.2 Å². The van der Waals surface area contributed by atoms with Crippen LogP contribution < -0.4 is 14.2 Å². The van der Waals surface area contributed by atoms with Crippen molar-refractivity contribution in [3.05, 3.63) is 100 Å². The van der Waals surface area contributed by atoms with Crippen LogP contribution in [0, 0.1) is 0 Å². The molecule has 4 rings (SSSR count). The number of ether oxygens (including phenoxy) is 3. The molecule has 0 amide bonds. The lowest BCUT2D eigenvalue weighted by Crippen LogP contribution is -2.02. The Balaban J connectivity index is 1.91. The Bertz CT molecular complexity index is 1450. The molecule has 1 N–H and O–H groups in total. The molecule has 0 spiro atoms. The lowest BCUT2D eigenvalue weighted by molar-refractivity contribution is 0.359. The number of hydrogen-bond donors (Lipinski definition) is 1. The summed E-state index contributed by atoms with van der Waals surface area (Å²) >= 11 is 0. The van der Waals surface area contributed by atoms with E-state index in [1.54, 1.807) is 12.1 Å². The topological polar surface area (TPSA) is 47.9 Å². The largest absolute Gasteiger partial charge is 0.504 e. The zero-order valence-electron chi connectivity index (χ0n) is 24.8. The first-order valence-corrected chi connectivity index (χ1v) is 14.7. The third-order valence-corrected chi connectivity index (χ3v) is 7.59. The van der Waals surface area contributed by atoms with Crippen molar-refractivity contribution >= 4 is 0 Å². The number of benzene rings is 4. The van der Waals surface area contributed by atoms with Gasteiger partial charge < -0.3 is 19.3 Å². The van der Waals surface area contributed by atoms with E-state index >= 15 is 0 Å². The standard InChI is InChI=1S/C36H42O4/c1-7-24-16-13-19-31(27(24)10-4)38-34-23-22-30(37)35(39-32-20-14-17-25(8-2)28(32)11-5)36(34)40-33-21-15-18-26(9-3)29(33)12-6/h13-23,37H,7-12H2,1-6H3. The molecule has 0 bridgehead atoms. The van der Waals surface area contributed by atoms with E-state index in [4.69, 9.17) is 14.2 Å². The SMILES string of the molecule is CCc1cccc(Oc2ccc(O)c(Oc3cccc(CC)c3CC)c2Oc2cccc(CC)c2CC)c1CC. The fourth-order valence-electron chi connectivity index (χ4n) is 5.47. The third kappa shape index (κ3) is 5.96. The van der Waals surface area contributed by atoms with Gasteiger partial charge in [0, 0.05) is 0 Å². The smallest absolute Gasteiger partial charge is 0.216 e. The second-order valence-electron chi connectivity index (χ2n) is 9.85. The molecule has 0 fully saturated rings. The van der Waals surface area contributed by atoms with E-state index in [-0.39, 0.29) is 11.5 Å². The molecule has 0 atom stereocenters. The number of hydrogen-bond acceptors (Lipinski definition) is 4. The van der Waals surface area contributed by atoms with Gasteiger partial charge in [0.1, 0.15) is 17.2 Å². The lowest BCUT2D eigenvalue weighted by atomic mass is 10.0. The Labute approximate surface area is 239 Å². The third-order valence-electron chi connectivity index (χ3n) is 7.59. The minimum absolute atomic E-state index is 0.00553. The summed E-state index contributed by atoms with van der Waals surface area (Å²) in [6.07, 6.45) is 5.21. The van der Waals surface area contributed by atoms with Crippen LogP contribution in [0.2, 0.25) is 0 Å². The van der Waals surface area contributed by atoms with E-state index in [1.165, 1.54) is 16.7 Å². The molecule has 0 unspecified atom stereocenters. The molecule has 210 valence electrons. The highest BCUT2D eigenvalue weighted by Gasteiger charge is 2.23. The Morgan fingerprint density at radius 3 is 1.23 bits per heavy atom. The van der Waals surface area contributed by atoms with Gasteiger partial charge in [-0.2, -0.15) is 0 Å². The maximum Gasteiger partial charge on any atom is 0.216 e. The molecule has 4 heteroatoms. The molecule has 0 aliphatic heterocycles. The molecule has 0 saturated carbocycles. The fourth-order valence-corrected chi connectivity index (χ4v) is 5.47. The summed E-state index contributed by atoms with van der Waals surface area (Å²) in [5, 5.41) is 11.2. The summed E-state index contributed by atoms with van der Waals surface area (Å²) in [6.45, 7) is 12.8. The van der Waals surface area contributed by atoms with Gasteiger partial charge in [0.25, 0.3) is 0 Å². The molecule has 0 heterocycles. The molecule has 0 aliphatic carbocycles. The molecular weight excluding hydrogens is 496 g/mol. The van der Waals surface area contributed by atoms with Gasteiger partial charge in [-0.1, -0.05) is 77.9 Å². The summed E-state index contributed by atoms with van der Waals surface area (Å²) in [4.78, 5) is 0. The summed E-state index contributed by atoms with van der Waals surface area (Å²) in [5.74, 6) is 3.31. The van der Waals surface area contributed by atoms with Gasteiger partial charge in [-0.25, -0.2) is 0 Å². The average molecular weight is 539 g/mol. The van der Waals surface area contributed by atoms with Gasteiger partial charge in [0.05, 0.1) is 0 Å². The summed E-state index contributed by atoms with van der Waals surface area (Å²) in [5.41, 5.74) is 7.13. The molecule has 4 nitrogen and oxygen atoms in total. The predicted octanol–water partition coefficient (Wildman–Crippen LogP) is 10.1. The van der Waals surface area contributed by atoms with Crippen LogP contribution in [0.4, 0.5) is 0 Å². The van der Waals surface area contributed by atoms with Gasteiger partial charge >= 0.3 is 0 Å². The van der Waals surface area contributed by atoms with Crippen LogP contribution in [0.5, 0.6) is 40.2 Å². The Hall–Kier alpha value is -3.92. The second-order valence-corrected chi connectivity index (χ2v) is 9.85. The monoisotopic (exact) mass is 538 g/mol. The van der Waals surface area contributed by atoms with Crippen molar-refractivity contribution in [1.82, 2.24) is 0 Å². The molecule has 0 aromatic heterocycles. The molecule has 0 radical (unpaired) electrons. The first-order valence-electron chi connectivity index (χ1n) is 14.7. The maximum absolute atomic E-state index is 11.2. The number of phenolic OH excluding ortho intramolecular Hbond substituents is 1. The number of phenols is 1. The van der Waals surface area contributed by atoms with Gasteiger partial charge in [-0.05, 0) is 102 Å². The fraction of sp³-hybridized carbons (Fsp3) is 0.333. The minimum atomic E-state index is -0.00553. The van der Waals surface area contributed by atoms with Crippen LogP contribution in [0.25, 0.3) is 0 Å². The van der Waals surface area contributed by atoms with Crippen molar-refractivity contribution < 1.29 is 19.3 Å². The second kappa shape index (κ2) is 13.4. The van der Waals surface area contributed by atoms with Crippen molar-refractivity contribution in [3.63, 3.8) is 0 Å². The van der Waals surface area contributed by atoms with Crippen molar-refractivity contribution in [2.45, 2.75) is 80.1 Å². The van der Waals surface area contributed by atoms with Crippen molar-refractivity contribution in [2.75, 3.05) is 0 Å².